The van der Waals surface area contributed by atoms with Crippen LogP contribution in [-0.2, 0) is 4.79 Å². The van der Waals surface area contributed by atoms with Crippen molar-refractivity contribution < 1.29 is 23.1 Å². The lowest BCUT2D eigenvalue weighted by atomic mass is 10.0. The first-order valence-electron chi connectivity index (χ1n) is 4.15. The van der Waals surface area contributed by atoms with Crippen molar-refractivity contribution in [2.75, 3.05) is 13.6 Å². The molecule has 1 N–H and O–H groups in total. The Hall–Kier alpha value is -0.780. The Morgan fingerprint density at radius 1 is 1.43 bits per heavy atom. The smallest absolute Gasteiger partial charge is 0.401 e. The highest BCUT2D eigenvalue weighted by Crippen LogP contribution is 2.19. The van der Waals surface area contributed by atoms with Gasteiger partial charge >= 0.3 is 12.1 Å². The number of hydrogen-bond donors (Lipinski definition) is 1. The van der Waals surface area contributed by atoms with Gasteiger partial charge in [0.1, 0.15) is 0 Å². The van der Waals surface area contributed by atoms with E-state index in [1.165, 1.54) is 20.9 Å². The summed E-state index contributed by atoms with van der Waals surface area (Å²) in [5.74, 6) is -1.91. The summed E-state index contributed by atoms with van der Waals surface area (Å²) < 4.78 is 35.8. The zero-order chi connectivity index (χ0) is 11.5. The van der Waals surface area contributed by atoms with E-state index in [-0.39, 0.29) is 0 Å². The second-order valence-electron chi connectivity index (χ2n) is 3.40. The summed E-state index contributed by atoms with van der Waals surface area (Å²) in [6.07, 6.45) is -4.29. The molecule has 0 aliphatic carbocycles. The molecular weight excluding hydrogens is 199 g/mol. The predicted molar refractivity (Wildman–Crippen MR) is 44.9 cm³/mol. The van der Waals surface area contributed by atoms with E-state index in [1.807, 2.05) is 0 Å². The molecule has 0 bridgehead atoms. The fourth-order valence-corrected chi connectivity index (χ4v) is 1.01. The third kappa shape index (κ3) is 4.45. The van der Waals surface area contributed by atoms with Crippen LogP contribution in [0.2, 0.25) is 0 Å². The molecule has 0 aliphatic heterocycles. The maximum absolute atomic E-state index is 11.9. The molecule has 0 saturated carbocycles. The predicted octanol–water partition coefficient (Wildman–Crippen LogP) is 1.59. The van der Waals surface area contributed by atoms with Crippen LogP contribution >= 0.6 is 0 Å². The average molecular weight is 213 g/mol. The van der Waals surface area contributed by atoms with Crippen LogP contribution < -0.4 is 0 Å². The lowest BCUT2D eigenvalue weighted by molar-refractivity contribution is -0.155. The van der Waals surface area contributed by atoms with E-state index in [4.69, 9.17) is 5.11 Å². The van der Waals surface area contributed by atoms with Crippen molar-refractivity contribution in [1.29, 1.82) is 0 Å². The lowest BCUT2D eigenvalue weighted by Gasteiger charge is -2.28. The summed E-state index contributed by atoms with van der Waals surface area (Å²) in [5.41, 5.74) is 0. The maximum atomic E-state index is 11.9. The molecule has 0 aromatic heterocycles. The van der Waals surface area contributed by atoms with Crippen LogP contribution in [0.4, 0.5) is 13.2 Å². The highest BCUT2D eigenvalue weighted by molar-refractivity contribution is 5.70. The van der Waals surface area contributed by atoms with Crippen LogP contribution in [0.1, 0.15) is 13.8 Å². The molecule has 0 saturated heterocycles. The summed E-state index contributed by atoms with van der Waals surface area (Å²) in [4.78, 5) is 11.5. The van der Waals surface area contributed by atoms with E-state index in [1.54, 1.807) is 0 Å². The second kappa shape index (κ2) is 4.63. The minimum atomic E-state index is -4.29. The molecule has 0 rings (SSSR count). The minimum absolute atomic E-state index is 0.644. The van der Waals surface area contributed by atoms with Crippen molar-refractivity contribution in [2.45, 2.75) is 26.1 Å². The Balaban J connectivity index is 4.25. The van der Waals surface area contributed by atoms with Crippen molar-refractivity contribution in [3.8, 4) is 0 Å². The first-order chi connectivity index (χ1) is 6.15. The fourth-order valence-electron chi connectivity index (χ4n) is 1.01. The number of carbonyl (C=O) groups is 1. The molecule has 0 fully saturated rings. The van der Waals surface area contributed by atoms with Crippen LogP contribution in [0, 0.1) is 5.92 Å². The van der Waals surface area contributed by atoms with Crippen molar-refractivity contribution in [3.05, 3.63) is 0 Å². The molecule has 0 aromatic rings. The lowest BCUT2D eigenvalue weighted by Crippen LogP contribution is -2.42. The highest BCUT2D eigenvalue weighted by atomic mass is 19.4. The van der Waals surface area contributed by atoms with E-state index in [2.05, 4.69) is 0 Å². The topological polar surface area (TPSA) is 40.5 Å². The van der Waals surface area contributed by atoms with Crippen molar-refractivity contribution in [2.24, 2.45) is 5.92 Å². The molecule has 14 heavy (non-hydrogen) atoms. The van der Waals surface area contributed by atoms with Gasteiger partial charge in [-0.15, -0.1) is 0 Å². The summed E-state index contributed by atoms with van der Waals surface area (Å²) in [7, 11) is 1.26. The Kier molecular flexibility index (Phi) is 4.38. The normalized spacial score (nSPS) is 16.8. The van der Waals surface area contributed by atoms with Crippen LogP contribution in [-0.4, -0.2) is 41.8 Å². The van der Waals surface area contributed by atoms with Crippen molar-refractivity contribution in [1.82, 2.24) is 4.90 Å². The molecule has 6 heteroatoms. The largest absolute Gasteiger partial charge is 0.481 e. The van der Waals surface area contributed by atoms with E-state index >= 15 is 0 Å². The third-order valence-electron chi connectivity index (χ3n) is 2.24. The number of halogens is 3. The van der Waals surface area contributed by atoms with Gasteiger partial charge in [0.15, 0.2) is 0 Å². The average Bonchev–Trinajstić information content (AvgIpc) is 1.98. The summed E-state index contributed by atoms with van der Waals surface area (Å²) >= 11 is 0. The van der Waals surface area contributed by atoms with Crippen LogP contribution in [0.15, 0.2) is 0 Å². The van der Waals surface area contributed by atoms with E-state index < -0.39 is 30.7 Å². The molecule has 0 heterocycles. The first kappa shape index (κ1) is 13.2. The number of nitrogens with zero attached hydrogens (tertiary/aromatic N) is 1. The molecular formula is C8H14F3NO2. The molecule has 0 aromatic carbocycles. The Morgan fingerprint density at radius 3 is 2.14 bits per heavy atom. The van der Waals surface area contributed by atoms with Crippen LogP contribution in [0.5, 0.6) is 0 Å². The summed E-state index contributed by atoms with van der Waals surface area (Å²) in [6, 6.07) is -0.644. The molecule has 0 aliphatic rings. The number of aliphatic carboxylic acids is 1. The summed E-state index contributed by atoms with van der Waals surface area (Å²) in [6.45, 7) is 1.76. The van der Waals surface area contributed by atoms with Gasteiger partial charge in [0, 0.05) is 6.04 Å². The molecule has 2 unspecified atom stereocenters. The maximum Gasteiger partial charge on any atom is 0.401 e. The number of carboxylic acids is 1. The number of rotatable bonds is 4. The van der Waals surface area contributed by atoms with Gasteiger partial charge in [-0.05, 0) is 14.0 Å². The van der Waals surface area contributed by atoms with Gasteiger partial charge in [-0.25, -0.2) is 0 Å². The molecule has 0 radical (unpaired) electrons. The van der Waals surface area contributed by atoms with Crippen molar-refractivity contribution >= 4 is 5.97 Å². The number of hydrogen-bond acceptors (Lipinski definition) is 2. The van der Waals surface area contributed by atoms with Gasteiger partial charge in [0.25, 0.3) is 0 Å². The minimum Gasteiger partial charge on any atom is -0.481 e. The Labute approximate surface area is 80.5 Å². The fraction of sp³-hybridized carbons (Fsp3) is 0.875. The quantitative estimate of drug-likeness (QED) is 0.770. The van der Waals surface area contributed by atoms with Gasteiger partial charge in [-0.1, -0.05) is 6.92 Å². The van der Waals surface area contributed by atoms with Gasteiger partial charge in [-0.3, -0.25) is 9.69 Å². The van der Waals surface area contributed by atoms with E-state index in [0.717, 1.165) is 4.90 Å². The number of carboxylic acid groups (broad SMARTS) is 1. The molecule has 2 atom stereocenters. The van der Waals surface area contributed by atoms with Gasteiger partial charge in [-0.2, -0.15) is 13.2 Å². The van der Waals surface area contributed by atoms with Crippen molar-refractivity contribution in [3.63, 3.8) is 0 Å². The Bertz CT molecular complexity index is 205. The van der Waals surface area contributed by atoms with Gasteiger partial charge in [0.05, 0.1) is 12.5 Å². The third-order valence-corrected chi connectivity index (χ3v) is 2.24. The molecule has 3 nitrogen and oxygen atoms in total. The van der Waals surface area contributed by atoms with Crippen LogP contribution in [0.3, 0.4) is 0 Å². The molecule has 0 amide bonds. The standard InChI is InChI=1S/C8H14F3NO2/c1-5(7(13)14)6(2)12(3)4-8(9,10)11/h5-6H,4H2,1-3H3,(H,13,14). The first-order valence-corrected chi connectivity index (χ1v) is 4.15. The van der Waals surface area contributed by atoms with E-state index in [9.17, 15) is 18.0 Å². The SMILES string of the molecule is CC(C(=O)O)C(C)N(C)CC(F)(F)F. The molecule has 0 spiro atoms. The highest BCUT2D eigenvalue weighted by Gasteiger charge is 2.33. The zero-order valence-electron chi connectivity index (χ0n) is 8.30. The monoisotopic (exact) mass is 213 g/mol. The van der Waals surface area contributed by atoms with Crippen LogP contribution in [0.25, 0.3) is 0 Å². The molecule has 84 valence electrons. The second-order valence-corrected chi connectivity index (χ2v) is 3.40. The number of alkyl halides is 3. The zero-order valence-corrected chi connectivity index (χ0v) is 8.30. The van der Waals surface area contributed by atoms with E-state index in [0.29, 0.717) is 0 Å². The van der Waals surface area contributed by atoms with Gasteiger partial charge in [0.2, 0.25) is 0 Å². The van der Waals surface area contributed by atoms with Gasteiger partial charge < -0.3 is 5.11 Å². The summed E-state index contributed by atoms with van der Waals surface area (Å²) in [5, 5.41) is 8.59. The Morgan fingerprint density at radius 2 is 1.86 bits per heavy atom.